The van der Waals surface area contributed by atoms with Gasteiger partial charge in [0.1, 0.15) is 0 Å². The SMILES string of the molecule is Cc1c(CNCCCOc2ccccn2)c2ccccc2n1Cc1ccccc1Cl. The normalized spacial score (nSPS) is 11.1. The molecule has 0 unspecified atom stereocenters. The Bertz CT molecular complexity index is 1110. The van der Waals surface area contributed by atoms with Crippen LogP contribution in [0, 0.1) is 6.92 Å². The summed E-state index contributed by atoms with van der Waals surface area (Å²) in [5.74, 6) is 0.677. The number of hydrogen-bond acceptors (Lipinski definition) is 3. The van der Waals surface area contributed by atoms with Crippen LogP contribution >= 0.6 is 11.6 Å². The second-order valence-electron chi connectivity index (χ2n) is 7.31. The van der Waals surface area contributed by atoms with Gasteiger partial charge in [0, 0.05) is 47.0 Å². The average Bonchev–Trinajstić information content (AvgIpc) is 3.04. The molecule has 0 saturated heterocycles. The highest BCUT2D eigenvalue weighted by Crippen LogP contribution is 2.28. The quantitative estimate of drug-likeness (QED) is 0.358. The Morgan fingerprint density at radius 2 is 1.80 bits per heavy atom. The monoisotopic (exact) mass is 419 g/mol. The number of rotatable bonds is 9. The van der Waals surface area contributed by atoms with Gasteiger partial charge in [-0.1, -0.05) is 54.1 Å². The largest absolute Gasteiger partial charge is 0.478 e. The summed E-state index contributed by atoms with van der Waals surface area (Å²) >= 11 is 6.42. The summed E-state index contributed by atoms with van der Waals surface area (Å²) in [6, 6.07) is 22.3. The zero-order valence-corrected chi connectivity index (χ0v) is 17.9. The molecule has 0 fully saturated rings. The molecule has 154 valence electrons. The molecule has 0 radical (unpaired) electrons. The van der Waals surface area contributed by atoms with Crippen molar-refractivity contribution >= 4 is 22.5 Å². The van der Waals surface area contributed by atoms with Crippen LogP contribution in [-0.4, -0.2) is 22.7 Å². The standard InChI is InChI=1S/C25H26ClN3O/c1-19-22(17-27-14-8-16-30-25-13-6-7-15-28-25)21-10-3-5-12-24(21)29(19)18-20-9-2-4-11-23(20)26/h2-7,9-13,15,27H,8,14,16-18H2,1H3. The minimum absolute atomic E-state index is 0.650. The molecule has 30 heavy (non-hydrogen) atoms. The van der Waals surface area contributed by atoms with Crippen LogP contribution in [0.5, 0.6) is 5.88 Å². The molecule has 4 aromatic rings. The minimum atomic E-state index is 0.650. The Labute approximate surface area is 182 Å². The van der Waals surface area contributed by atoms with E-state index < -0.39 is 0 Å². The van der Waals surface area contributed by atoms with Crippen LogP contribution in [0.4, 0.5) is 0 Å². The summed E-state index contributed by atoms with van der Waals surface area (Å²) in [6.07, 6.45) is 2.67. The highest BCUT2D eigenvalue weighted by molar-refractivity contribution is 6.31. The van der Waals surface area contributed by atoms with Gasteiger partial charge in [-0.05, 0) is 49.2 Å². The fourth-order valence-electron chi connectivity index (χ4n) is 3.75. The van der Waals surface area contributed by atoms with Gasteiger partial charge >= 0.3 is 0 Å². The van der Waals surface area contributed by atoms with Gasteiger partial charge in [-0.15, -0.1) is 0 Å². The van der Waals surface area contributed by atoms with Gasteiger partial charge in [-0.3, -0.25) is 0 Å². The van der Waals surface area contributed by atoms with E-state index in [0.717, 1.165) is 36.6 Å². The molecule has 0 spiro atoms. The van der Waals surface area contributed by atoms with Crippen LogP contribution in [0.1, 0.15) is 23.2 Å². The van der Waals surface area contributed by atoms with Crippen LogP contribution in [0.2, 0.25) is 5.02 Å². The van der Waals surface area contributed by atoms with Crippen LogP contribution < -0.4 is 10.1 Å². The summed E-state index contributed by atoms with van der Waals surface area (Å²) in [7, 11) is 0. The first-order valence-electron chi connectivity index (χ1n) is 10.3. The number of ether oxygens (including phenoxy) is 1. The van der Waals surface area contributed by atoms with E-state index in [1.165, 1.54) is 22.2 Å². The van der Waals surface area contributed by atoms with Crippen molar-refractivity contribution in [2.45, 2.75) is 26.4 Å². The third-order valence-electron chi connectivity index (χ3n) is 5.34. The maximum atomic E-state index is 6.42. The molecule has 4 rings (SSSR count). The molecule has 2 aromatic heterocycles. The number of nitrogens with zero attached hydrogens (tertiary/aromatic N) is 2. The maximum Gasteiger partial charge on any atom is 0.213 e. The van der Waals surface area contributed by atoms with E-state index in [4.69, 9.17) is 16.3 Å². The van der Waals surface area contributed by atoms with E-state index in [2.05, 4.69) is 52.1 Å². The molecule has 2 heterocycles. The van der Waals surface area contributed by atoms with E-state index in [9.17, 15) is 0 Å². The molecule has 0 aliphatic heterocycles. The number of para-hydroxylation sites is 1. The lowest BCUT2D eigenvalue weighted by atomic mass is 10.1. The van der Waals surface area contributed by atoms with Gasteiger partial charge in [0.05, 0.1) is 6.61 Å². The average molecular weight is 420 g/mol. The maximum absolute atomic E-state index is 6.42. The van der Waals surface area contributed by atoms with Crippen LogP contribution in [-0.2, 0) is 13.1 Å². The lowest BCUT2D eigenvalue weighted by Gasteiger charge is -2.11. The van der Waals surface area contributed by atoms with Crippen molar-refractivity contribution < 1.29 is 4.74 Å². The van der Waals surface area contributed by atoms with Crippen LogP contribution in [0.25, 0.3) is 10.9 Å². The lowest BCUT2D eigenvalue weighted by molar-refractivity contribution is 0.296. The van der Waals surface area contributed by atoms with E-state index in [1.807, 2.05) is 36.4 Å². The molecule has 4 nitrogen and oxygen atoms in total. The second-order valence-corrected chi connectivity index (χ2v) is 7.71. The number of hydrogen-bond donors (Lipinski definition) is 1. The van der Waals surface area contributed by atoms with Crippen molar-refractivity contribution in [3.05, 3.63) is 94.8 Å². The highest BCUT2D eigenvalue weighted by atomic mass is 35.5. The van der Waals surface area contributed by atoms with Crippen LogP contribution in [0.3, 0.4) is 0 Å². The molecule has 0 atom stereocenters. The topological polar surface area (TPSA) is 39.1 Å². The molecule has 2 aromatic carbocycles. The first-order chi connectivity index (χ1) is 14.7. The Kier molecular flexibility index (Phi) is 6.67. The third kappa shape index (κ3) is 4.66. The fourth-order valence-corrected chi connectivity index (χ4v) is 3.94. The lowest BCUT2D eigenvalue weighted by Crippen LogP contribution is -2.17. The van der Waals surface area contributed by atoms with E-state index in [0.29, 0.717) is 12.5 Å². The molecule has 0 amide bonds. The first kappa shape index (κ1) is 20.5. The Morgan fingerprint density at radius 1 is 1.00 bits per heavy atom. The number of fused-ring (bicyclic) bond motifs is 1. The van der Waals surface area contributed by atoms with Gasteiger partial charge < -0.3 is 14.6 Å². The van der Waals surface area contributed by atoms with Gasteiger partial charge in [-0.2, -0.15) is 0 Å². The molecular weight excluding hydrogens is 394 g/mol. The number of pyridine rings is 1. The molecule has 5 heteroatoms. The highest BCUT2D eigenvalue weighted by Gasteiger charge is 2.14. The predicted molar refractivity (Wildman–Crippen MR) is 123 cm³/mol. The molecule has 0 aliphatic rings. The van der Waals surface area contributed by atoms with E-state index >= 15 is 0 Å². The molecular formula is C25H26ClN3O. The first-order valence-corrected chi connectivity index (χ1v) is 10.7. The molecule has 0 aliphatic carbocycles. The Morgan fingerprint density at radius 3 is 2.63 bits per heavy atom. The zero-order chi connectivity index (χ0) is 20.8. The third-order valence-corrected chi connectivity index (χ3v) is 5.70. The Balaban J connectivity index is 1.41. The Hall–Kier alpha value is -2.82. The summed E-state index contributed by atoms with van der Waals surface area (Å²) in [5, 5.41) is 5.67. The van der Waals surface area contributed by atoms with Crippen molar-refractivity contribution in [3.8, 4) is 5.88 Å². The zero-order valence-electron chi connectivity index (χ0n) is 17.1. The van der Waals surface area contributed by atoms with Crippen molar-refractivity contribution in [3.63, 3.8) is 0 Å². The molecule has 0 bridgehead atoms. The minimum Gasteiger partial charge on any atom is -0.478 e. The van der Waals surface area contributed by atoms with Gasteiger partial charge in [0.15, 0.2) is 0 Å². The van der Waals surface area contributed by atoms with Crippen LogP contribution in [0.15, 0.2) is 72.9 Å². The van der Waals surface area contributed by atoms with Crippen molar-refractivity contribution in [1.82, 2.24) is 14.9 Å². The van der Waals surface area contributed by atoms with Crippen molar-refractivity contribution in [2.75, 3.05) is 13.2 Å². The van der Waals surface area contributed by atoms with Crippen molar-refractivity contribution in [2.24, 2.45) is 0 Å². The smallest absolute Gasteiger partial charge is 0.213 e. The number of nitrogens with one attached hydrogen (secondary N) is 1. The second kappa shape index (κ2) is 9.79. The number of halogens is 1. The number of aromatic nitrogens is 2. The summed E-state index contributed by atoms with van der Waals surface area (Å²) < 4.78 is 8.03. The summed E-state index contributed by atoms with van der Waals surface area (Å²) in [4.78, 5) is 4.18. The van der Waals surface area contributed by atoms with Gasteiger partial charge in [0.2, 0.25) is 5.88 Å². The van der Waals surface area contributed by atoms with Gasteiger partial charge in [-0.25, -0.2) is 4.98 Å². The molecule has 0 saturated carbocycles. The molecule has 1 N–H and O–H groups in total. The summed E-state index contributed by atoms with van der Waals surface area (Å²) in [6.45, 7) is 5.32. The van der Waals surface area contributed by atoms with Crippen molar-refractivity contribution in [1.29, 1.82) is 0 Å². The predicted octanol–water partition coefficient (Wildman–Crippen LogP) is 5.61. The van der Waals surface area contributed by atoms with E-state index in [-0.39, 0.29) is 0 Å². The van der Waals surface area contributed by atoms with E-state index in [1.54, 1.807) is 6.20 Å². The fraction of sp³-hybridized carbons (Fsp3) is 0.240. The van der Waals surface area contributed by atoms with Gasteiger partial charge in [0.25, 0.3) is 0 Å². The number of benzene rings is 2. The summed E-state index contributed by atoms with van der Waals surface area (Å²) in [5.41, 5.74) is 4.98.